The average Bonchev–Trinajstić information content (AvgIpc) is 2.69. The first-order valence-corrected chi connectivity index (χ1v) is 9.85. The van der Waals surface area contributed by atoms with Crippen molar-refractivity contribution >= 4 is 17.4 Å². The summed E-state index contributed by atoms with van der Waals surface area (Å²) in [6, 6.07) is 13.5. The Balaban J connectivity index is 1.48. The second-order valence-corrected chi connectivity index (χ2v) is 7.67. The highest BCUT2D eigenvalue weighted by molar-refractivity contribution is 5.98. The van der Waals surface area contributed by atoms with Gasteiger partial charge in [-0.15, -0.1) is 0 Å². The van der Waals surface area contributed by atoms with Crippen LogP contribution in [0.5, 0.6) is 5.75 Å². The van der Waals surface area contributed by atoms with E-state index < -0.39 is 6.10 Å². The van der Waals surface area contributed by atoms with Crippen LogP contribution in [-0.4, -0.2) is 17.8 Å². The van der Waals surface area contributed by atoms with Gasteiger partial charge in [0.2, 0.25) is 0 Å². The lowest BCUT2D eigenvalue weighted by Crippen LogP contribution is -2.34. The largest absolute Gasteiger partial charge is 0.479 e. The molecule has 2 aromatic carbocycles. The maximum Gasteiger partial charge on any atom is 0.265 e. The summed E-state index contributed by atoms with van der Waals surface area (Å²) in [7, 11) is 0. The molecule has 1 N–H and O–H groups in total. The highest BCUT2D eigenvalue weighted by Gasteiger charge is 2.23. The molecule has 1 amide bonds. The minimum atomic E-state index is -0.474. The molecule has 4 rings (SSSR count). The van der Waals surface area contributed by atoms with Crippen molar-refractivity contribution in [3.05, 3.63) is 48.0 Å². The van der Waals surface area contributed by atoms with E-state index >= 15 is 0 Å². The Hall–Kier alpha value is -2.62. The van der Waals surface area contributed by atoms with Crippen molar-refractivity contribution in [2.75, 3.05) is 5.32 Å². The molecule has 4 nitrogen and oxygen atoms in total. The minimum absolute atomic E-state index is 0.136. The number of anilines is 1. The number of carbonyl (C=O) groups excluding carboxylic acids is 2. The maximum atomic E-state index is 12.6. The van der Waals surface area contributed by atoms with E-state index in [9.17, 15) is 9.59 Å². The summed E-state index contributed by atoms with van der Waals surface area (Å²) >= 11 is 0. The van der Waals surface area contributed by atoms with Gasteiger partial charge in [0.25, 0.3) is 5.91 Å². The molecule has 1 saturated carbocycles. The molecule has 2 aliphatic rings. The van der Waals surface area contributed by atoms with Gasteiger partial charge in [-0.2, -0.15) is 0 Å². The Morgan fingerprint density at radius 1 is 1.04 bits per heavy atom. The quantitative estimate of drug-likeness (QED) is 0.757. The van der Waals surface area contributed by atoms with Crippen molar-refractivity contribution in [3.8, 4) is 16.9 Å². The van der Waals surface area contributed by atoms with Crippen molar-refractivity contribution in [2.45, 2.75) is 51.6 Å². The van der Waals surface area contributed by atoms with Gasteiger partial charge < -0.3 is 10.1 Å². The Morgan fingerprint density at radius 3 is 2.48 bits per heavy atom. The summed E-state index contributed by atoms with van der Waals surface area (Å²) in [5.74, 6) is 1.35. The molecule has 1 unspecified atom stereocenters. The average molecular weight is 363 g/mol. The number of fused-ring (bicyclic) bond motifs is 1. The normalized spacial score (nSPS) is 19.7. The highest BCUT2D eigenvalue weighted by Crippen LogP contribution is 2.34. The van der Waals surface area contributed by atoms with E-state index in [1.807, 2.05) is 42.5 Å². The fourth-order valence-corrected chi connectivity index (χ4v) is 4.01. The smallest absolute Gasteiger partial charge is 0.265 e. The Morgan fingerprint density at radius 2 is 1.74 bits per heavy atom. The molecular weight excluding hydrogens is 338 g/mol. The van der Waals surface area contributed by atoms with Crippen molar-refractivity contribution in [2.24, 2.45) is 5.92 Å². The van der Waals surface area contributed by atoms with Gasteiger partial charge >= 0.3 is 0 Å². The van der Waals surface area contributed by atoms with Crippen LogP contribution < -0.4 is 10.1 Å². The first-order valence-electron chi connectivity index (χ1n) is 9.85. The van der Waals surface area contributed by atoms with Crippen LogP contribution in [0.2, 0.25) is 0 Å². The SMILES string of the molecule is CC1Oc2ccc(-c3ccc(C(=O)CC4CCCCC4)cc3)cc2NC1=O. The molecule has 0 saturated heterocycles. The molecular formula is C23H25NO3. The van der Waals surface area contributed by atoms with Gasteiger partial charge in [0.05, 0.1) is 5.69 Å². The molecule has 0 radical (unpaired) electrons. The van der Waals surface area contributed by atoms with Gasteiger partial charge in [-0.05, 0) is 36.1 Å². The number of Topliss-reactive ketones (excluding diaryl/α,β-unsaturated/α-hetero) is 1. The number of nitrogens with one attached hydrogen (secondary N) is 1. The topological polar surface area (TPSA) is 55.4 Å². The lowest BCUT2D eigenvalue weighted by Gasteiger charge is -2.23. The molecule has 0 aromatic heterocycles. The monoisotopic (exact) mass is 363 g/mol. The van der Waals surface area contributed by atoms with Gasteiger partial charge in [0.1, 0.15) is 5.75 Å². The highest BCUT2D eigenvalue weighted by atomic mass is 16.5. The number of hydrogen-bond acceptors (Lipinski definition) is 3. The van der Waals surface area contributed by atoms with Crippen molar-refractivity contribution < 1.29 is 14.3 Å². The molecule has 1 fully saturated rings. The fourth-order valence-electron chi connectivity index (χ4n) is 4.01. The van der Waals surface area contributed by atoms with Crippen LogP contribution >= 0.6 is 0 Å². The predicted molar refractivity (Wildman–Crippen MR) is 106 cm³/mol. The van der Waals surface area contributed by atoms with Crippen LogP contribution in [-0.2, 0) is 4.79 Å². The number of benzene rings is 2. The number of ether oxygens (including phenoxy) is 1. The maximum absolute atomic E-state index is 12.6. The second-order valence-electron chi connectivity index (χ2n) is 7.67. The van der Waals surface area contributed by atoms with Gasteiger partial charge in [0.15, 0.2) is 11.9 Å². The van der Waals surface area contributed by atoms with Crippen molar-refractivity contribution in [1.82, 2.24) is 0 Å². The third-order valence-electron chi connectivity index (χ3n) is 5.65. The standard InChI is InChI=1S/C23H25NO3/c1-15-23(26)24-20-14-19(11-12-22(20)27-15)17-7-9-18(10-8-17)21(25)13-16-5-3-2-4-6-16/h7-12,14-16H,2-6,13H2,1H3,(H,24,26). The fraction of sp³-hybridized carbons (Fsp3) is 0.391. The van der Waals surface area contributed by atoms with E-state index in [-0.39, 0.29) is 11.7 Å². The van der Waals surface area contributed by atoms with E-state index in [2.05, 4.69) is 5.32 Å². The van der Waals surface area contributed by atoms with Gasteiger partial charge in [-0.25, -0.2) is 0 Å². The molecule has 4 heteroatoms. The summed E-state index contributed by atoms with van der Waals surface area (Å²) in [6.45, 7) is 1.73. The molecule has 0 spiro atoms. The van der Waals surface area contributed by atoms with Crippen LogP contribution in [0, 0.1) is 5.92 Å². The van der Waals surface area contributed by atoms with Crippen molar-refractivity contribution in [3.63, 3.8) is 0 Å². The van der Waals surface area contributed by atoms with E-state index in [0.29, 0.717) is 23.8 Å². The third-order valence-corrected chi connectivity index (χ3v) is 5.65. The predicted octanol–water partition coefficient (Wildman–Crippen LogP) is 5.23. The van der Waals surface area contributed by atoms with Crippen LogP contribution in [0.15, 0.2) is 42.5 Å². The van der Waals surface area contributed by atoms with Crippen LogP contribution in [0.1, 0.15) is 55.8 Å². The summed E-state index contributed by atoms with van der Waals surface area (Å²) in [4.78, 5) is 24.4. The third kappa shape index (κ3) is 3.90. The van der Waals surface area contributed by atoms with Gasteiger partial charge in [-0.3, -0.25) is 9.59 Å². The molecule has 1 atom stereocenters. The van der Waals surface area contributed by atoms with E-state index in [1.54, 1.807) is 6.92 Å². The number of carbonyl (C=O) groups is 2. The van der Waals surface area contributed by atoms with E-state index in [1.165, 1.54) is 32.1 Å². The molecule has 1 aliphatic carbocycles. The number of rotatable bonds is 4. The second kappa shape index (κ2) is 7.55. The molecule has 2 aromatic rings. The first kappa shape index (κ1) is 17.8. The lowest BCUT2D eigenvalue weighted by atomic mass is 9.84. The van der Waals surface area contributed by atoms with Gasteiger partial charge in [-0.1, -0.05) is 62.4 Å². The summed E-state index contributed by atoms with van der Waals surface area (Å²) in [6.07, 6.45) is 6.39. The zero-order valence-corrected chi connectivity index (χ0v) is 15.7. The Kier molecular flexibility index (Phi) is 4.97. The van der Waals surface area contributed by atoms with E-state index in [4.69, 9.17) is 4.74 Å². The summed E-state index contributed by atoms with van der Waals surface area (Å²) < 4.78 is 5.60. The van der Waals surface area contributed by atoms with Crippen LogP contribution in [0.4, 0.5) is 5.69 Å². The lowest BCUT2D eigenvalue weighted by molar-refractivity contribution is -0.122. The Labute approximate surface area is 159 Å². The number of amides is 1. The number of ketones is 1. The molecule has 0 bridgehead atoms. The minimum Gasteiger partial charge on any atom is -0.479 e. The van der Waals surface area contributed by atoms with E-state index in [0.717, 1.165) is 16.7 Å². The first-order chi connectivity index (χ1) is 13.1. The summed E-state index contributed by atoms with van der Waals surface area (Å²) in [5, 5.41) is 2.88. The zero-order valence-electron chi connectivity index (χ0n) is 15.7. The zero-order chi connectivity index (χ0) is 18.8. The Bertz CT molecular complexity index is 850. The number of hydrogen-bond donors (Lipinski definition) is 1. The molecule has 140 valence electrons. The van der Waals surface area contributed by atoms with Crippen molar-refractivity contribution in [1.29, 1.82) is 0 Å². The van der Waals surface area contributed by atoms with Crippen LogP contribution in [0.3, 0.4) is 0 Å². The molecule has 27 heavy (non-hydrogen) atoms. The van der Waals surface area contributed by atoms with Gasteiger partial charge in [0, 0.05) is 12.0 Å². The van der Waals surface area contributed by atoms with Crippen LogP contribution in [0.25, 0.3) is 11.1 Å². The summed E-state index contributed by atoms with van der Waals surface area (Å²) in [5.41, 5.74) is 3.47. The molecule has 1 heterocycles. The molecule has 1 aliphatic heterocycles.